The van der Waals surface area contributed by atoms with Gasteiger partial charge in [-0.1, -0.05) is 24.3 Å². The molecule has 4 rings (SSSR count). The van der Waals surface area contributed by atoms with Crippen molar-refractivity contribution < 1.29 is 27.4 Å². The lowest BCUT2D eigenvalue weighted by Gasteiger charge is -2.29. The molecular formula is C29H28F3N3O3. The second-order valence-electron chi connectivity index (χ2n) is 9.40. The summed E-state index contributed by atoms with van der Waals surface area (Å²) in [5.41, 5.74) is 2.90. The van der Waals surface area contributed by atoms with Gasteiger partial charge in [0.2, 0.25) is 0 Å². The lowest BCUT2D eigenvalue weighted by atomic mass is 9.96. The van der Waals surface area contributed by atoms with Gasteiger partial charge in [-0.15, -0.1) is 13.2 Å². The zero-order valence-corrected chi connectivity index (χ0v) is 21.0. The third-order valence-electron chi connectivity index (χ3n) is 6.19. The quantitative estimate of drug-likeness (QED) is 0.402. The highest BCUT2D eigenvalue weighted by atomic mass is 19.4. The first-order valence-electron chi connectivity index (χ1n) is 12.3. The van der Waals surface area contributed by atoms with Crippen LogP contribution >= 0.6 is 0 Å². The Hall–Kier alpha value is -4.03. The normalized spacial score (nSPS) is 16.6. The highest BCUT2D eigenvalue weighted by Crippen LogP contribution is 2.33. The van der Waals surface area contributed by atoms with Gasteiger partial charge in [-0.25, -0.2) is 0 Å². The van der Waals surface area contributed by atoms with E-state index in [0.717, 1.165) is 35.6 Å². The molecule has 1 saturated heterocycles. The molecule has 1 heterocycles. The minimum atomic E-state index is -4.79. The molecule has 0 bridgehead atoms. The summed E-state index contributed by atoms with van der Waals surface area (Å²) in [6.45, 7) is 5.24. The molecule has 3 aromatic carbocycles. The van der Waals surface area contributed by atoms with E-state index < -0.39 is 6.36 Å². The molecule has 0 aromatic heterocycles. The molecule has 6 nitrogen and oxygen atoms in total. The molecule has 2 atom stereocenters. The Morgan fingerprint density at radius 1 is 0.974 bits per heavy atom. The monoisotopic (exact) mass is 523 g/mol. The highest BCUT2D eigenvalue weighted by Gasteiger charge is 2.32. The molecule has 0 radical (unpaired) electrons. The van der Waals surface area contributed by atoms with E-state index >= 15 is 0 Å². The van der Waals surface area contributed by atoms with Gasteiger partial charge in [-0.05, 0) is 79.9 Å². The minimum Gasteiger partial charge on any atom is -0.491 e. The Morgan fingerprint density at radius 3 is 2.11 bits per heavy atom. The molecule has 1 N–H and O–H groups in total. The van der Waals surface area contributed by atoms with E-state index in [0.29, 0.717) is 18.5 Å². The fraction of sp³-hybridized carbons (Fsp3) is 0.310. The number of amides is 1. The second-order valence-corrected chi connectivity index (χ2v) is 9.40. The maximum absolute atomic E-state index is 12.8. The van der Waals surface area contributed by atoms with Gasteiger partial charge < -0.3 is 14.8 Å². The van der Waals surface area contributed by atoms with Gasteiger partial charge in [-0.2, -0.15) is 5.26 Å². The molecular weight excluding hydrogens is 495 g/mol. The number of benzene rings is 3. The zero-order valence-electron chi connectivity index (χ0n) is 21.0. The smallest absolute Gasteiger partial charge is 0.491 e. The predicted octanol–water partition coefficient (Wildman–Crippen LogP) is 5.84. The first kappa shape index (κ1) is 27.0. The standard InChI is InChI=1S/C29H28F3N3O3/c1-19(2)37-25-11-7-22(8-12-25)27(21-5-3-20(17-33)4-6-21)35-16-15-24(18-35)34-28(36)23-9-13-26(14-10-23)38-29(30,31)32/h3-14,19,24,27H,15-16,18H2,1-2H3,(H,34,36)/t24-,27?/m1/s1. The Bertz CT molecular complexity index is 1270. The van der Waals surface area contributed by atoms with Gasteiger partial charge in [0.15, 0.2) is 0 Å². The predicted molar refractivity (Wildman–Crippen MR) is 136 cm³/mol. The third kappa shape index (κ3) is 7.05. The molecule has 9 heteroatoms. The van der Waals surface area contributed by atoms with Crippen LogP contribution in [0.2, 0.25) is 0 Å². The zero-order chi connectivity index (χ0) is 27.3. The Morgan fingerprint density at radius 2 is 1.55 bits per heavy atom. The van der Waals surface area contributed by atoms with Crippen molar-refractivity contribution in [3.8, 4) is 17.6 Å². The SMILES string of the molecule is CC(C)Oc1ccc(C(c2ccc(C#N)cc2)N2CC[C@@H](NC(=O)c3ccc(OC(F)(F)F)cc3)C2)cc1. The van der Waals surface area contributed by atoms with Crippen LogP contribution in [0.4, 0.5) is 13.2 Å². The summed E-state index contributed by atoms with van der Waals surface area (Å²) in [5, 5.41) is 12.2. The lowest BCUT2D eigenvalue weighted by molar-refractivity contribution is -0.274. The third-order valence-corrected chi connectivity index (χ3v) is 6.19. The van der Waals surface area contributed by atoms with Crippen molar-refractivity contribution in [1.29, 1.82) is 5.26 Å². The van der Waals surface area contributed by atoms with Crippen LogP contribution < -0.4 is 14.8 Å². The number of halogens is 3. The number of hydrogen-bond donors (Lipinski definition) is 1. The van der Waals surface area contributed by atoms with Crippen molar-refractivity contribution in [1.82, 2.24) is 10.2 Å². The number of alkyl halides is 3. The summed E-state index contributed by atoms with van der Waals surface area (Å²) in [6.07, 6.45) is -4.02. The molecule has 3 aromatic rings. The van der Waals surface area contributed by atoms with Crippen LogP contribution in [0.3, 0.4) is 0 Å². The van der Waals surface area contributed by atoms with Crippen LogP contribution in [0.1, 0.15) is 53.4 Å². The van der Waals surface area contributed by atoms with Gasteiger partial charge in [0.1, 0.15) is 11.5 Å². The molecule has 1 fully saturated rings. The summed E-state index contributed by atoms with van der Waals surface area (Å²) < 4.78 is 46.9. The molecule has 0 saturated carbocycles. The first-order chi connectivity index (χ1) is 18.1. The summed E-state index contributed by atoms with van der Waals surface area (Å²) in [7, 11) is 0. The molecule has 0 aliphatic carbocycles. The summed E-state index contributed by atoms with van der Waals surface area (Å²) >= 11 is 0. The summed E-state index contributed by atoms with van der Waals surface area (Å²) in [6, 6.07) is 22.2. The van der Waals surface area contributed by atoms with Crippen molar-refractivity contribution >= 4 is 5.91 Å². The van der Waals surface area contributed by atoms with E-state index in [-0.39, 0.29) is 35.4 Å². The number of nitrogens with one attached hydrogen (secondary N) is 1. The Balaban J connectivity index is 1.48. The van der Waals surface area contributed by atoms with E-state index in [1.54, 1.807) is 12.1 Å². The van der Waals surface area contributed by atoms with Gasteiger partial charge in [0.25, 0.3) is 5.91 Å². The van der Waals surface area contributed by atoms with Gasteiger partial charge in [0, 0.05) is 24.7 Å². The van der Waals surface area contributed by atoms with Gasteiger partial charge >= 0.3 is 6.36 Å². The number of carbonyl (C=O) groups excluding carboxylic acids is 1. The number of carbonyl (C=O) groups is 1. The van der Waals surface area contributed by atoms with Crippen molar-refractivity contribution in [2.24, 2.45) is 0 Å². The van der Waals surface area contributed by atoms with Crippen molar-refractivity contribution in [3.63, 3.8) is 0 Å². The van der Waals surface area contributed by atoms with Crippen LogP contribution in [0.25, 0.3) is 0 Å². The highest BCUT2D eigenvalue weighted by molar-refractivity contribution is 5.94. The van der Waals surface area contributed by atoms with E-state index in [4.69, 9.17) is 4.74 Å². The molecule has 1 aliphatic heterocycles. The fourth-order valence-electron chi connectivity index (χ4n) is 4.57. The van der Waals surface area contributed by atoms with E-state index in [1.165, 1.54) is 12.1 Å². The fourth-order valence-corrected chi connectivity index (χ4v) is 4.57. The number of rotatable bonds is 8. The van der Waals surface area contributed by atoms with Gasteiger partial charge in [0.05, 0.1) is 23.8 Å². The van der Waals surface area contributed by atoms with Crippen LogP contribution in [0.15, 0.2) is 72.8 Å². The maximum Gasteiger partial charge on any atom is 0.573 e. The Labute approximate surface area is 219 Å². The molecule has 38 heavy (non-hydrogen) atoms. The first-order valence-corrected chi connectivity index (χ1v) is 12.3. The Kier molecular flexibility index (Phi) is 8.23. The molecule has 1 amide bonds. The van der Waals surface area contributed by atoms with Crippen LogP contribution in [0, 0.1) is 11.3 Å². The van der Waals surface area contributed by atoms with Gasteiger partial charge in [-0.3, -0.25) is 9.69 Å². The average molecular weight is 524 g/mol. The molecule has 1 unspecified atom stereocenters. The van der Waals surface area contributed by atoms with Crippen molar-refractivity contribution in [2.45, 2.75) is 44.8 Å². The number of likely N-dealkylation sites (tertiary alicyclic amines) is 1. The second kappa shape index (κ2) is 11.6. The summed E-state index contributed by atoms with van der Waals surface area (Å²) in [5.74, 6) is 0.0391. The van der Waals surface area contributed by atoms with E-state index in [9.17, 15) is 23.2 Å². The number of hydrogen-bond acceptors (Lipinski definition) is 5. The maximum atomic E-state index is 12.8. The number of ether oxygens (including phenoxy) is 2. The lowest BCUT2D eigenvalue weighted by Crippen LogP contribution is -2.38. The van der Waals surface area contributed by atoms with Crippen molar-refractivity contribution in [3.05, 3.63) is 95.1 Å². The topological polar surface area (TPSA) is 74.6 Å². The van der Waals surface area contributed by atoms with Crippen LogP contribution in [-0.2, 0) is 0 Å². The number of nitrogens with zero attached hydrogens (tertiary/aromatic N) is 2. The van der Waals surface area contributed by atoms with Crippen molar-refractivity contribution in [2.75, 3.05) is 13.1 Å². The molecule has 0 spiro atoms. The average Bonchev–Trinajstić information content (AvgIpc) is 3.32. The van der Waals surface area contributed by atoms with E-state index in [2.05, 4.69) is 21.0 Å². The van der Waals surface area contributed by atoms with Crippen LogP contribution in [0.5, 0.6) is 11.5 Å². The largest absolute Gasteiger partial charge is 0.573 e. The van der Waals surface area contributed by atoms with E-state index in [1.807, 2.05) is 50.2 Å². The molecule has 198 valence electrons. The number of nitriles is 1. The molecule has 1 aliphatic rings. The van der Waals surface area contributed by atoms with Crippen LogP contribution in [-0.4, -0.2) is 42.4 Å². The summed E-state index contributed by atoms with van der Waals surface area (Å²) in [4.78, 5) is 15.0. The minimum absolute atomic E-state index is 0.0616.